The smallest absolute Gasteiger partial charge is 0.422 e. The van der Waals surface area contributed by atoms with Gasteiger partial charge in [0.25, 0.3) is 0 Å². The zero-order chi connectivity index (χ0) is 13.9. The molecule has 98 valence electrons. The van der Waals surface area contributed by atoms with Crippen LogP contribution >= 0.6 is 11.6 Å². The summed E-state index contributed by atoms with van der Waals surface area (Å²) in [5, 5.41) is 11.7. The number of amides is 2. The first-order chi connectivity index (χ1) is 7.50. The van der Waals surface area contributed by atoms with Crippen LogP contribution in [-0.4, -0.2) is 35.4 Å². The maximum atomic E-state index is 12.4. The highest BCUT2D eigenvalue weighted by Gasteiger charge is 2.58. The molecule has 9 heteroatoms. The van der Waals surface area contributed by atoms with Gasteiger partial charge in [-0.15, -0.1) is 0 Å². The standard InChI is InChI=1S/C8H10ClF3N2O3/c1-4(9)3-13-6(17)14-7(2,5(15)16)8(10,11)12/h1,3H2,2H3,(H,15,16)(H2,13,14,17). The van der Waals surface area contributed by atoms with E-state index in [0.717, 1.165) is 0 Å². The Balaban J connectivity index is 4.74. The van der Waals surface area contributed by atoms with Crippen molar-refractivity contribution in [3.8, 4) is 0 Å². The second-order valence-corrected chi connectivity index (χ2v) is 3.79. The van der Waals surface area contributed by atoms with Crippen molar-refractivity contribution in [2.24, 2.45) is 0 Å². The van der Waals surface area contributed by atoms with Crippen molar-refractivity contribution in [2.75, 3.05) is 6.54 Å². The van der Waals surface area contributed by atoms with E-state index in [4.69, 9.17) is 16.7 Å². The SMILES string of the molecule is C=C(Cl)CNC(=O)NC(C)(C(=O)O)C(F)(F)F. The second-order valence-electron chi connectivity index (χ2n) is 3.25. The lowest BCUT2D eigenvalue weighted by Gasteiger charge is -2.28. The first-order valence-corrected chi connectivity index (χ1v) is 4.58. The summed E-state index contributed by atoms with van der Waals surface area (Å²) >= 11 is 5.27. The van der Waals surface area contributed by atoms with E-state index in [1.54, 1.807) is 0 Å². The number of carboxylic acids is 1. The number of urea groups is 1. The quantitative estimate of drug-likeness (QED) is 0.726. The number of carbonyl (C=O) groups is 2. The summed E-state index contributed by atoms with van der Waals surface area (Å²) in [6, 6.07) is -1.31. The molecule has 1 unspecified atom stereocenters. The van der Waals surface area contributed by atoms with Crippen molar-refractivity contribution < 1.29 is 27.9 Å². The number of nitrogens with one attached hydrogen (secondary N) is 2. The lowest BCUT2D eigenvalue weighted by Crippen LogP contribution is -2.63. The predicted octanol–water partition coefficient (Wildman–Crippen LogP) is 1.44. The Bertz CT molecular complexity index is 345. The number of hydrogen-bond donors (Lipinski definition) is 3. The van der Waals surface area contributed by atoms with Gasteiger partial charge < -0.3 is 15.7 Å². The average Bonchev–Trinajstić information content (AvgIpc) is 2.12. The molecular formula is C8H10ClF3N2O3. The third-order valence-electron chi connectivity index (χ3n) is 1.80. The van der Waals surface area contributed by atoms with Crippen molar-refractivity contribution >= 4 is 23.6 Å². The molecule has 0 radical (unpaired) electrons. The van der Waals surface area contributed by atoms with Gasteiger partial charge in [0.05, 0.1) is 6.54 Å². The van der Waals surface area contributed by atoms with Crippen molar-refractivity contribution in [3.63, 3.8) is 0 Å². The normalized spacial score (nSPS) is 14.6. The lowest BCUT2D eigenvalue weighted by molar-refractivity contribution is -0.203. The van der Waals surface area contributed by atoms with E-state index < -0.39 is 23.7 Å². The third-order valence-corrected chi connectivity index (χ3v) is 1.93. The van der Waals surface area contributed by atoms with Crippen LogP contribution in [0.4, 0.5) is 18.0 Å². The topological polar surface area (TPSA) is 78.4 Å². The van der Waals surface area contributed by atoms with Crippen LogP contribution < -0.4 is 10.6 Å². The molecule has 0 aromatic rings. The van der Waals surface area contributed by atoms with E-state index in [1.165, 1.54) is 5.32 Å². The molecule has 0 aliphatic rings. The maximum Gasteiger partial charge on any atom is 0.422 e. The minimum absolute atomic E-state index is 0.0100. The average molecular weight is 275 g/mol. The van der Waals surface area contributed by atoms with Gasteiger partial charge in [-0.25, -0.2) is 9.59 Å². The van der Waals surface area contributed by atoms with Gasteiger partial charge in [-0.05, 0) is 6.92 Å². The van der Waals surface area contributed by atoms with Gasteiger partial charge in [-0.2, -0.15) is 13.2 Å². The Morgan fingerprint density at radius 3 is 2.18 bits per heavy atom. The Morgan fingerprint density at radius 1 is 1.41 bits per heavy atom. The Labute approximate surface area is 99.6 Å². The molecule has 3 N–H and O–H groups in total. The molecule has 0 aliphatic heterocycles. The fraction of sp³-hybridized carbons (Fsp3) is 0.500. The molecule has 1 atom stereocenters. The number of carbonyl (C=O) groups excluding carboxylic acids is 1. The monoisotopic (exact) mass is 274 g/mol. The molecule has 0 spiro atoms. The first-order valence-electron chi connectivity index (χ1n) is 4.20. The van der Waals surface area contributed by atoms with Crippen molar-refractivity contribution in [1.29, 1.82) is 0 Å². The zero-order valence-corrected chi connectivity index (χ0v) is 9.45. The molecule has 0 saturated heterocycles. The predicted molar refractivity (Wildman–Crippen MR) is 53.6 cm³/mol. The summed E-state index contributed by atoms with van der Waals surface area (Å²) in [6.07, 6.45) is -5.13. The van der Waals surface area contributed by atoms with Crippen LogP contribution in [0.5, 0.6) is 0 Å². The summed E-state index contributed by atoms with van der Waals surface area (Å²) in [6.45, 7) is 3.25. The Hall–Kier alpha value is -1.44. The summed E-state index contributed by atoms with van der Waals surface area (Å²) in [5.41, 5.74) is -3.37. The van der Waals surface area contributed by atoms with E-state index in [9.17, 15) is 22.8 Å². The molecule has 0 heterocycles. The number of halogens is 4. The minimum atomic E-state index is -5.13. The van der Waals surface area contributed by atoms with Crippen LogP contribution in [0.2, 0.25) is 0 Å². The van der Waals surface area contributed by atoms with Gasteiger partial charge in [0, 0.05) is 5.03 Å². The summed E-state index contributed by atoms with van der Waals surface area (Å²) < 4.78 is 37.3. The molecule has 0 aliphatic carbocycles. The van der Waals surface area contributed by atoms with Crippen LogP contribution in [0, 0.1) is 0 Å². The lowest BCUT2D eigenvalue weighted by atomic mass is 10.0. The molecule has 0 bridgehead atoms. The molecule has 0 aromatic carbocycles. The highest BCUT2D eigenvalue weighted by atomic mass is 35.5. The van der Waals surface area contributed by atoms with Crippen LogP contribution in [0.1, 0.15) is 6.92 Å². The number of aliphatic carboxylic acids is 1. The summed E-state index contributed by atoms with van der Waals surface area (Å²) in [4.78, 5) is 21.6. The molecule has 0 saturated carbocycles. The molecule has 0 rings (SSSR count). The Kier molecular flexibility index (Phi) is 4.81. The van der Waals surface area contributed by atoms with Gasteiger partial charge in [0.15, 0.2) is 0 Å². The van der Waals surface area contributed by atoms with Crippen molar-refractivity contribution in [3.05, 3.63) is 11.6 Å². The minimum Gasteiger partial charge on any atom is -0.479 e. The fourth-order valence-electron chi connectivity index (χ4n) is 0.693. The number of hydrogen-bond acceptors (Lipinski definition) is 2. The van der Waals surface area contributed by atoms with Crippen LogP contribution in [0.25, 0.3) is 0 Å². The molecule has 0 fully saturated rings. The van der Waals surface area contributed by atoms with E-state index >= 15 is 0 Å². The van der Waals surface area contributed by atoms with E-state index in [-0.39, 0.29) is 11.6 Å². The zero-order valence-electron chi connectivity index (χ0n) is 8.69. The van der Waals surface area contributed by atoms with Crippen molar-refractivity contribution in [1.82, 2.24) is 10.6 Å². The van der Waals surface area contributed by atoms with Gasteiger partial charge in [0.1, 0.15) is 0 Å². The molecule has 17 heavy (non-hydrogen) atoms. The molecule has 0 aromatic heterocycles. The molecular weight excluding hydrogens is 265 g/mol. The van der Waals surface area contributed by atoms with Crippen LogP contribution in [0.3, 0.4) is 0 Å². The Morgan fingerprint density at radius 2 is 1.88 bits per heavy atom. The largest absolute Gasteiger partial charge is 0.479 e. The first kappa shape index (κ1) is 15.6. The number of alkyl halides is 3. The van der Waals surface area contributed by atoms with E-state index in [2.05, 4.69) is 6.58 Å². The van der Waals surface area contributed by atoms with Gasteiger partial charge in [-0.1, -0.05) is 18.2 Å². The van der Waals surface area contributed by atoms with Gasteiger partial charge in [-0.3, -0.25) is 0 Å². The maximum absolute atomic E-state index is 12.4. The van der Waals surface area contributed by atoms with Gasteiger partial charge >= 0.3 is 18.2 Å². The van der Waals surface area contributed by atoms with Crippen LogP contribution in [0.15, 0.2) is 11.6 Å². The molecule has 5 nitrogen and oxygen atoms in total. The number of carboxylic acid groups (broad SMARTS) is 1. The highest BCUT2D eigenvalue weighted by Crippen LogP contribution is 2.30. The summed E-state index contributed by atoms with van der Waals surface area (Å²) in [7, 11) is 0. The molecule has 2 amide bonds. The van der Waals surface area contributed by atoms with E-state index in [1.807, 2.05) is 5.32 Å². The number of rotatable bonds is 4. The van der Waals surface area contributed by atoms with Crippen LogP contribution in [-0.2, 0) is 4.79 Å². The fourth-order valence-corrected chi connectivity index (χ4v) is 0.760. The van der Waals surface area contributed by atoms with E-state index in [0.29, 0.717) is 6.92 Å². The second kappa shape index (κ2) is 5.26. The van der Waals surface area contributed by atoms with Gasteiger partial charge in [0.2, 0.25) is 5.54 Å². The van der Waals surface area contributed by atoms with Crippen molar-refractivity contribution in [2.45, 2.75) is 18.6 Å². The third kappa shape index (κ3) is 4.14. The summed E-state index contributed by atoms with van der Waals surface area (Å²) in [5.74, 6) is -2.22. The highest BCUT2D eigenvalue weighted by molar-refractivity contribution is 6.29.